The molecule has 1 N–H and O–H groups in total. The minimum absolute atomic E-state index is 0.0665. The molecule has 28 heavy (non-hydrogen) atoms. The quantitative estimate of drug-likeness (QED) is 0.763. The lowest BCUT2D eigenvalue weighted by Gasteiger charge is -2.23. The maximum Gasteiger partial charge on any atom is 0.392 e. The number of fused-ring (bicyclic) bond motifs is 1. The fourth-order valence-corrected chi connectivity index (χ4v) is 3.34. The van der Waals surface area contributed by atoms with E-state index in [-0.39, 0.29) is 12.1 Å². The lowest BCUT2D eigenvalue weighted by Crippen LogP contribution is -2.31. The number of halogens is 4. The highest BCUT2D eigenvalue weighted by atomic mass is 19.4. The van der Waals surface area contributed by atoms with Gasteiger partial charge in [0.2, 0.25) is 5.78 Å². The fourth-order valence-electron chi connectivity index (χ4n) is 3.34. The molecule has 0 amide bonds. The first-order chi connectivity index (χ1) is 13.1. The van der Waals surface area contributed by atoms with Crippen LogP contribution in [-0.4, -0.2) is 34.5 Å². The zero-order chi connectivity index (χ0) is 20.6. The number of carboxylic acid groups (broad SMARTS) is 1. The lowest BCUT2D eigenvalue weighted by molar-refractivity contribution is -0.183. The highest BCUT2D eigenvalue weighted by Crippen LogP contribution is 2.38. The Bertz CT molecular complexity index is 897. The highest BCUT2D eigenvalue weighted by molar-refractivity contribution is 6.05. The van der Waals surface area contributed by atoms with Crippen molar-refractivity contribution in [3.8, 4) is 0 Å². The Balaban J connectivity index is 1.75. The molecule has 1 heterocycles. The number of hydrogen-bond donors (Lipinski definition) is 1. The van der Waals surface area contributed by atoms with Crippen molar-refractivity contribution in [1.82, 2.24) is 4.90 Å². The highest BCUT2D eigenvalue weighted by Gasteiger charge is 2.45. The molecule has 0 fully saturated rings. The average Bonchev–Trinajstić information content (AvgIpc) is 3.02. The van der Waals surface area contributed by atoms with Crippen LogP contribution in [0.1, 0.15) is 24.0 Å². The minimum Gasteiger partial charge on any atom is -0.481 e. The van der Waals surface area contributed by atoms with Gasteiger partial charge >= 0.3 is 12.1 Å². The van der Waals surface area contributed by atoms with Crippen LogP contribution in [0.25, 0.3) is 0 Å². The van der Waals surface area contributed by atoms with Crippen LogP contribution in [0.2, 0.25) is 0 Å². The molecule has 0 saturated carbocycles. The molecule has 1 aromatic carbocycles. The maximum absolute atomic E-state index is 13.9. The van der Waals surface area contributed by atoms with E-state index in [2.05, 4.69) is 0 Å². The average molecular weight is 395 g/mol. The Labute approximate surface area is 158 Å². The third-order valence-corrected chi connectivity index (χ3v) is 4.93. The number of allylic oxidation sites excluding steroid dienone is 3. The number of carbonyl (C=O) groups is 2. The van der Waals surface area contributed by atoms with E-state index in [0.29, 0.717) is 17.7 Å². The second-order valence-corrected chi connectivity index (χ2v) is 6.87. The van der Waals surface area contributed by atoms with Crippen LogP contribution in [0, 0.1) is 5.92 Å². The molecule has 0 bridgehead atoms. The van der Waals surface area contributed by atoms with Gasteiger partial charge in [-0.15, -0.1) is 0 Å². The molecule has 0 aromatic heterocycles. The molecular weight excluding hydrogens is 378 g/mol. The maximum atomic E-state index is 13.9. The molecule has 1 aliphatic carbocycles. The Morgan fingerprint density at radius 2 is 1.86 bits per heavy atom. The minimum atomic E-state index is -4.62. The van der Waals surface area contributed by atoms with Crippen LogP contribution in [0.5, 0.6) is 0 Å². The monoisotopic (exact) mass is 395 g/mol. The van der Waals surface area contributed by atoms with Crippen LogP contribution in [0.4, 0.5) is 17.6 Å². The summed E-state index contributed by atoms with van der Waals surface area (Å²) < 4.78 is 52.8. The van der Waals surface area contributed by atoms with Gasteiger partial charge in [-0.1, -0.05) is 31.2 Å². The summed E-state index contributed by atoms with van der Waals surface area (Å²) in [5.41, 5.74) is 1.71. The van der Waals surface area contributed by atoms with Crippen LogP contribution < -0.4 is 0 Å². The van der Waals surface area contributed by atoms with Gasteiger partial charge in [-0.3, -0.25) is 9.59 Å². The van der Waals surface area contributed by atoms with E-state index in [9.17, 15) is 32.3 Å². The largest absolute Gasteiger partial charge is 0.481 e. The zero-order valence-electron chi connectivity index (χ0n) is 14.8. The van der Waals surface area contributed by atoms with E-state index in [1.54, 1.807) is 29.3 Å². The third kappa shape index (κ3) is 3.85. The molecule has 0 saturated heterocycles. The number of alkyl halides is 3. The first-order valence-electron chi connectivity index (χ1n) is 8.53. The van der Waals surface area contributed by atoms with E-state index >= 15 is 0 Å². The Morgan fingerprint density at radius 1 is 1.21 bits per heavy atom. The summed E-state index contributed by atoms with van der Waals surface area (Å²) in [4.78, 5) is 24.5. The van der Waals surface area contributed by atoms with Gasteiger partial charge in [-0.05, 0) is 28.9 Å². The lowest BCUT2D eigenvalue weighted by atomic mass is 9.86. The van der Waals surface area contributed by atoms with Gasteiger partial charge < -0.3 is 10.0 Å². The molecule has 2 unspecified atom stereocenters. The van der Waals surface area contributed by atoms with Crippen molar-refractivity contribution in [1.29, 1.82) is 0 Å². The van der Waals surface area contributed by atoms with Gasteiger partial charge in [0.05, 0.1) is 11.8 Å². The summed E-state index contributed by atoms with van der Waals surface area (Å²) in [6.07, 6.45) is -0.212. The molecular formula is C20H17F4NO3. The summed E-state index contributed by atoms with van der Waals surface area (Å²) in [6.45, 7) is 1.40. The topological polar surface area (TPSA) is 57.6 Å². The molecule has 0 radical (unpaired) electrons. The summed E-state index contributed by atoms with van der Waals surface area (Å²) in [6, 6.07) is 5.85. The van der Waals surface area contributed by atoms with E-state index in [1.807, 2.05) is 0 Å². The first-order valence-corrected chi connectivity index (χ1v) is 8.53. The van der Waals surface area contributed by atoms with E-state index in [4.69, 9.17) is 0 Å². The number of nitrogens with zero attached hydrogens (tertiary/aromatic N) is 1. The standard InChI is InChI=1S/C20H17F4NO3/c1-11(20(22,23)24)17(19(27)28)13-4-2-12(3-5-13)8-25-9-14-6-7-16(26)18(21)15(14)10-25/h2-7,9,11,17H,8,10H2,1H3,(H,27,28). The van der Waals surface area contributed by atoms with E-state index < -0.39 is 35.6 Å². The van der Waals surface area contributed by atoms with Crippen molar-refractivity contribution in [3.63, 3.8) is 0 Å². The van der Waals surface area contributed by atoms with Gasteiger partial charge in [-0.25, -0.2) is 4.39 Å². The van der Waals surface area contributed by atoms with Crippen molar-refractivity contribution in [2.24, 2.45) is 5.92 Å². The van der Waals surface area contributed by atoms with Gasteiger partial charge in [0, 0.05) is 24.9 Å². The molecule has 1 aromatic rings. The Morgan fingerprint density at radius 3 is 2.43 bits per heavy atom. The van der Waals surface area contributed by atoms with Gasteiger partial charge in [0.1, 0.15) is 0 Å². The predicted molar refractivity (Wildman–Crippen MR) is 92.8 cm³/mol. The second kappa shape index (κ2) is 7.26. The molecule has 2 atom stereocenters. The number of benzene rings is 1. The number of aliphatic carboxylic acids is 1. The van der Waals surface area contributed by atoms with Crippen molar-refractivity contribution in [2.45, 2.75) is 25.6 Å². The second-order valence-electron chi connectivity index (χ2n) is 6.87. The molecule has 2 aliphatic rings. The Kier molecular flexibility index (Phi) is 5.14. The van der Waals surface area contributed by atoms with Gasteiger partial charge in [-0.2, -0.15) is 13.2 Å². The number of rotatable bonds is 5. The van der Waals surface area contributed by atoms with Crippen molar-refractivity contribution in [2.75, 3.05) is 6.54 Å². The number of hydrogen-bond acceptors (Lipinski definition) is 3. The molecule has 3 rings (SSSR count). The van der Waals surface area contributed by atoms with Crippen molar-refractivity contribution in [3.05, 3.63) is 70.7 Å². The SMILES string of the molecule is CC(C(C(=O)O)c1ccc(CN2C=C3C=CC(=O)C(F)=C3C2)cc1)C(F)(F)F. The summed E-state index contributed by atoms with van der Waals surface area (Å²) in [7, 11) is 0. The van der Waals surface area contributed by atoms with Crippen LogP contribution in [0.3, 0.4) is 0 Å². The van der Waals surface area contributed by atoms with Crippen LogP contribution in [0.15, 0.2) is 59.6 Å². The van der Waals surface area contributed by atoms with Crippen LogP contribution >= 0.6 is 0 Å². The zero-order valence-corrected chi connectivity index (χ0v) is 14.8. The number of carboxylic acids is 1. The third-order valence-electron chi connectivity index (χ3n) is 4.93. The normalized spacial score (nSPS) is 18.8. The Hall–Kier alpha value is -2.90. The van der Waals surface area contributed by atoms with E-state index in [1.165, 1.54) is 12.1 Å². The number of ketones is 1. The van der Waals surface area contributed by atoms with Crippen LogP contribution in [-0.2, 0) is 16.1 Å². The van der Waals surface area contributed by atoms with E-state index in [0.717, 1.165) is 18.6 Å². The predicted octanol–water partition coefficient (Wildman–Crippen LogP) is 4.12. The number of carbonyl (C=O) groups excluding carboxylic acids is 1. The molecule has 1 aliphatic heterocycles. The van der Waals surface area contributed by atoms with Gasteiger partial charge in [0.25, 0.3) is 0 Å². The first kappa shape index (κ1) is 19.9. The smallest absolute Gasteiger partial charge is 0.392 e. The fraction of sp³-hybridized carbons (Fsp3) is 0.300. The molecule has 4 nitrogen and oxygen atoms in total. The van der Waals surface area contributed by atoms with Crippen molar-refractivity contribution < 1.29 is 32.3 Å². The van der Waals surface area contributed by atoms with Crippen molar-refractivity contribution >= 4 is 11.8 Å². The molecule has 148 valence electrons. The molecule has 8 heteroatoms. The summed E-state index contributed by atoms with van der Waals surface area (Å²) in [5.74, 6) is -6.71. The van der Waals surface area contributed by atoms with Gasteiger partial charge in [0.15, 0.2) is 5.83 Å². The summed E-state index contributed by atoms with van der Waals surface area (Å²) >= 11 is 0. The molecule has 0 spiro atoms. The summed E-state index contributed by atoms with van der Waals surface area (Å²) in [5, 5.41) is 9.23.